The average Bonchev–Trinajstić information content (AvgIpc) is 2.72. The fourth-order valence-electron chi connectivity index (χ4n) is 1.37. The molecule has 88 valence electrons. The van der Waals surface area contributed by atoms with Gasteiger partial charge >= 0.3 is 0 Å². The first-order chi connectivity index (χ1) is 8.20. The van der Waals surface area contributed by atoms with Crippen LogP contribution in [-0.2, 0) is 6.54 Å². The van der Waals surface area contributed by atoms with Gasteiger partial charge in [-0.15, -0.1) is 11.3 Å². The van der Waals surface area contributed by atoms with Crippen molar-refractivity contribution in [3.63, 3.8) is 0 Å². The Morgan fingerprint density at radius 2 is 2.29 bits per heavy atom. The molecule has 0 amide bonds. The number of thiophene rings is 1. The second-order valence-electron chi connectivity index (χ2n) is 3.41. The number of aldehydes is 1. The molecule has 0 atom stereocenters. The first kappa shape index (κ1) is 12.0. The zero-order valence-corrected chi connectivity index (χ0v) is 10.7. The molecule has 0 aliphatic carbocycles. The van der Waals surface area contributed by atoms with Crippen molar-refractivity contribution >= 4 is 35.0 Å². The maximum absolute atomic E-state index is 10.9. The van der Waals surface area contributed by atoms with E-state index in [1.165, 1.54) is 16.1 Å². The van der Waals surface area contributed by atoms with Gasteiger partial charge in [-0.2, -0.15) is 0 Å². The topological polar surface area (TPSA) is 54.9 Å². The zero-order valence-electron chi connectivity index (χ0n) is 9.11. The lowest BCUT2D eigenvalue weighted by Crippen LogP contribution is -2.04. The molecule has 0 aromatic carbocycles. The highest BCUT2D eigenvalue weighted by Crippen LogP contribution is 2.20. The molecule has 1 N–H and O–H groups in total. The number of anilines is 1. The second-order valence-corrected chi connectivity index (χ2v) is 5.14. The van der Waals surface area contributed by atoms with Crippen molar-refractivity contribution in [2.75, 3.05) is 5.32 Å². The maximum Gasteiger partial charge on any atom is 0.156 e. The number of aryl methyl sites for hydroxylation is 1. The van der Waals surface area contributed by atoms with E-state index in [4.69, 9.17) is 11.6 Å². The molecule has 0 aliphatic rings. The van der Waals surface area contributed by atoms with Crippen molar-refractivity contribution in [1.82, 2.24) is 9.97 Å². The van der Waals surface area contributed by atoms with Crippen molar-refractivity contribution in [1.29, 1.82) is 0 Å². The quantitative estimate of drug-likeness (QED) is 0.684. The number of carbonyl (C=O) groups is 1. The Bertz CT molecular complexity index is 541. The molecule has 2 rings (SSSR count). The summed E-state index contributed by atoms with van der Waals surface area (Å²) in [6.45, 7) is 2.67. The number of halogens is 1. The second kappa shape index (κ2) is 5.25. The van der Waals surface area contributed by atoms with Crippen LogP contribution < -0.4 is 5.32 Å². The number of nitrogens with zero attached hydrogens (tertiary/aromatic N) is 2. The Morgan fingerprint density at radius 1 is 1.47 bits per heavy atom. The van der Waals surface area contributed by atoms with Crippen LogP contribution in [0.1, 0.15) is 20.1 Å². The summed E-state index contributed by atoms with van der Waals surface area (Å²) in [4.78, 5) is 21.0. The number of hydrogen-bond donors (Lipinski definition) is 1. The maximum atomic E-state index is 10.9. The largest absolute Gasteiger partial charge is 0.364 e. The smallest absolute Gasteiger partial charge is 0.156 e. The van der Waals surface area contributed by atoms with Gasteiger partial charge in [-0.25, -0.2) is 9.97 Å². The predicted molar refractivity (Wildman–Crippen MR) is 68.8 cm³/mol. The van der Waals surface area contributed by atoms with Crippen LogP contribution in [0.15, 0.2) is 18.5 Å². The van der Waals surface area contributed by atoms with Gasteiger partial charge < -0.3 is 5.32 Å². The fraction of sp³-hybridized carbons (Fsp3) is 0.182. The number of nitrogens with one attached hydrogen (secondary N) is 1. The van der Waals surface area contributed by atoms with Gasteiger partial charge in [0.15, 0.2) is 6.29 Å². The van der Waals surface area contributed by atoms with Crippen LogP contribution in [0.2, 0.25) is 5.15 Å². The lowest BCUT2D eigenvalue weighted by molar-refractivity contribution is 0.112. The van der Waals surface area contributed by atoms with Gasteiger partial charge in [0.05, 0.1) is 12.1 Å². The Kier molecular flexibility index (Phi) is 3.71. The summed E-state index contributed by atoms with van der Waals surface area (Å²) in [6, 6.07) is 4.09. The Labute approximate surface area is 108 Å². The van der Waals surface area contributed by atoms with E-state index in [1.54, 1.807) is 11.3 Å². The van der Waals surface area contributed by atoms with E-state index >= 15 is 0 Å². The van der Waals surface area contributed by atoms with Gasteiger partial charge in [0.2, 0.25) is 0 Å². The lowest BCUT2D eigenvalue weighted by atomic mass is 10.3. The van der Waals surface area contributed by atoms with E-state index in [-0.39, 0.29) is 5.15 Å². The highest BCUT2D eigenvalue weighted by Gasteiger charge is 2.08. The minimum Gasteiger partial charge on any atom is -0.364 e. The van der Waals surface area contributed by atoms with Gasteiger partial charge in [-0.05, 0) is 19.1 Å². The van der Waals surface area contributed by atoms with Crippen LogP contribution in [0, 0.1) is 6.92 Å². The fourth-order valence-corrected chi connectivity index (χ4v) is 2.38. The van der Waals surface area contributed by atoms with Gasteiger partial charge in [0, 0.05) is 9.75 Å². The molecular weight excluding hydrogens is 258 g/mol. The van der Waals surface area contributed by atoms with E-state index in [2.05, 4.69) is 21.4 Å². The lowest BCUT2D eigenvalue weighted by Gasteiger charge is -2.06. The zero-order chi connectivity index (χ0) is 12.3. The van der Waals surface area contributed by atoms with Crippen LogP contribution >= 0.6 is 22.9 Å². The molecule has 0 aliphatic heterocycles. The third-order valence-corrected chi connectivity index (χ3v) is 3.48. The Hall–Kier alpha value is -1.46. The normalized spacial score (nSPS) is 10.2. The third kappa shape index (κ3) is 2.81. The van der Waals surface area contributed by atoms with Crippen molar-refractivity contribution in [2.24, 2.45) is 0 Å². The highest BCUT2D eigenvalue weighted by atomic mass is 35.5. The number of carbonyl (C=O) groups excluding carboxylic acids is 1. The van der Waals surface area contributed by atoms with Crippen molar-refractivity contribution in [3.05, 3.63) is 38.9 Å². The van der Waals surface area contributed by atoms with Gasteiger partial charge in [-0.1, -0.05) is 11.6 Å². The summed E-state index contributed by atoms with van der Waals surface area (Å²) in [6.07, 6.45) is 1.99. The summed E-state index contributed by atoms with van der Waals surface area (Å²) in [5.74, 6) is 0.464. The van der Waals surface area contributed by atoms with E-state index in [0.717, 1.165) is 0 Å². The molecule has 0 bridgehead atoms. The van der Waals surface area contributed by atoms with Crippen molar-refractivity contribution < 1.29 is 4.79 Å². The Morgan fingerprint density at radius 3 is 2.94 bits per heavy atom. The molecule has 0 radical (unpaired) electrons. The number of aromatic nitrogens is 2. The Balaban J connectivity index is 2.14. The molecule has 0 fully saturated rings. The molecule has 6 heteroatoms. The molecule has 0 spiro atoms. The minimum atomic E-state index is 0.167. The SMILES string of the molecule is Cc1ccc(CNc2ncnc(Cl)c2C=O)s1. The van der Waals surface area contributed by atoms with E-state index in [9.17, 15) is 4.79 Å². The van der Waals surface area contributed by atoms with Crippen LogP contribution in [0.3, 0.4) is 0 Å². The van der Waals surface area contributed by atoms with Crippen molar-refractivity contribution in [3.8, 4) is 0 Å². The first-order valence-electron chi connectivity index (χ1n) is 4.95. The molecule has 2 aromatic rings. The molecule has 0 unspecified atom stereocenters. The van der Waals surface area contributed by atoms with Crippen LogP contribution in [0.25, 0.3) is 0 Å². The first-order valence-corrected chi connectivity index (χ1v) is 6.15. The van der Waals surface area contributed by atoms with Gasteiger partial charge in [0.25, 0.3) is 0 Å². The molecule has 0 saturated carbocycles. The summed E-state index contributed by atoms with van der Waals surface area (Å²) in [7, 11) is 0. The van der Waals surface area contributed by atoms with Crippen molar-refractivity contribution in [2.45, 2.75) is 13.5 Å². The monoisotopic (exact) mass is 267 g/mol. The molecular formula is C11H10ClN3OS. The summed E-state index contributed by atoms with van der Waals surface area (Å²) in [5.41, 5.74) is 0.294. The third-order valence-electron chi connectivity index (χ3n) is 2.18. The van der Waals surface area contributed by atoms with Gasteiger partial charge in [-0.3, -0.25) is 4.79 Å². The van der Waals surface area contributed by atoms with Crippen LogP contribution in [0.4, 0.5) is 5.82 Å². The molecule has 0 saturated heterocycles. The van der Waals surface area contributed by atoms with E-state index in [1.807, 2.05) is 13.0 Å². The standard InChI is InChI=1S/C11H10ClN3OS/c1-7-2-3-8(17-7)4-13-11-9(5-16)10(12)14-6-15-11/h2-3,5-6H,4H2,1H3,(H,13,14,15). The molecule has 17 heavy (non-hydrogen) atoms. The van der Waals surface area contributed by atoms with Crippen LogP contribution in [0.5, 0.6) is 0 Å². The molecule has 2 aromatic heterocycles. The minimum absolute atomic E-state index is 0.167. The highest BCUT2D eigenvalue weighted by molar-refractivity contribution is 7.11. The van der Waals surface area contributed by atoms with E-state index in [0.29, 0.717) is 24.2 Å². The average molecular weight is 268 g/mol. The van der Waals surface area contributed by atoms with Crippen LogP contribution in [-0.4, -0.2) is 16.3 Å². The molecule has 4 nitrogen and oxygen atoms in total. The van der Waals surface area contributed by atoms with Gasteiger partial charge in [0.1, 0.15) is 17.3 Å². The summed E-state index contributed by atoms with van der Waals surface area (Å²) in [5, 5.41) is 3.24. The summed E-state index contributed by atoms with van der Waals surface area (Å²) >= 11 is 7.49. The summed E-state index contributed by atoms with van der Waals surface area (Å²) < 4.78 is 0. The number of hydrogen-bond acceptors (Lipinski definition) is 5. The predicted octanol–water partition coefficient (Wildman–Crippen LogP) is 2.92. The number of rotatable bonds is 4. The molecule has 2 heterocycles. The van der Waals surface area contributed by atoms with E-state index < -0.39 is 0 Å².